The molecule has 2 aromatic carbocycles. The fraction of sp³-hybridized carbons (Fsp3) is 0.440. The number of esters is 1. The summed E-state index contributed by atoms with van der Waals surface area (Å²) in [5, 5.41) is 9.41. The van der Waals surface area contributed by atoms with Crippen LogP contribution in [0.4, 0.5) is 31.1 Å². The summed E-state index contributed by atoms with van der Waals surface area (Å²) >= 11 is 0. The Kier molecular flexibility index (Phi) is 7.30. The van der Waals surface area contributed by atoms with E-state index in [1.54, 1.807) is 6.92 Å². The molecule has 0 fully saturated rings. The van der Waals surface area contributed by atoms with Crippen molar-refractivity contribution in [1.29, 1.82) is 0 Å². The Morgan fingerprint density at radius 3 is 1.81 bits per heavy atom. The lowest BCUT2D eigenvalue weighted by molar-refractivity contribution is -0.166. The third kappa shape index (κ3) is 5.68. The number of fused-ring (bicyclic) bond motifs is 1. The van der Waals surface area contributed by atoms with Gasteiger partial charge in [0.2, 0.25) is 0 Å². The number of ether oxygens (including phenoxy) is 2. The Morgan fingerprint density at radius 1 is 0.919 bits per heavy atom. The molecule has 1 aliphatic rings. The average molecular weight is 533 g/mol. The van der Waals surface area contributed by atoms with Gasteiger partial charge in [0.15, 0.2) is 6.10 Å². The molecule has 0 saturated heterocycles. The number of hydrogen-bond donors (Lipinski definition) is 1. The van der Waals surface area contributed by atoms with Gasteiger partial charge in [-0.15, -0.1) is 0 Å². The topological polar surface area (TPSA) is 76.1 Å². The van der Waals surface area contributed by atoms with Crippen LogP contribution in [0.3, 0.4) is 0 Å². The van der Waals surface area contributed by atoms with Crippen LogP contribution in [0.15, 0.2) is 24.3 Å². The van der Waals surface area contributed by atoms with Gasteiger partial charge in [-0.2, -0.15) is 26.3 Å². The summed E-state index contributed by atoms with van der Waals surface area (Å²) in [6.07, 6.45) is -14.4. The smallest absolute Gasteiger partial charge is 0.417 e. The van der Waals surface area contributed by atoms with Crippen LogP contribution in [0.5, 0.6) is 0 Å². The van der Waals surface area contributed by atoms with Gasteiger partial charge in [-0.05, 0) is 44.4 Å². The van der Waals surface area contributed by atoms with E-state index >= 15 is 0 Å². The molecule has 0 radical (unpaired) electrons. The van der Waals surface area contributed by atoms with E-state index in [9.17, 15) is 41.0 Å². The lowest BCUT2D eigenvalue weighted by atomic mass is 9.81. The number of halogens is 6. The molecule has 1 unspecified atom stereocenters. The number of carboxylic acid groups (broad SMARTS) is 1. The largest absolute Gasteiger partial charge is 0.467 e. The van der Waals surface area contributed by atoms with Crippen LogP contribution in [-0.4, -0.2) is 34.8 Å². The average Bonchev–Trinajstić information content (AvgIpc) is 3.18. The Bertz CT molecular complexity index is 1210. The molecule has 0 aliphatic carbocycles. The molecule has 2 aromatic rings. The number of methoxy groups -OCH3 is 1. The van der Waals surface area contributed by atoms with Gasteiger partial charge < -0.3 is 14.6 Å². The number of nitrogens with zero attached hydrogens (tertiary/aromatic N) is 1. The summed E-state index contributed by atoms with van der Waals surface area (Å²) in [7, 11) is 0.879. The normalized spacial score (nSPS) is 14.9. The van der Waals surface area contributed by atoms with Crippen molar-refractivity contribution in [2.75, 3.05) is 7.11 Å². The van der Waals surface area contributed by atoms with Gasteiger partial charge in [0.1, 0.15) is 0 Å². The first-order chi connectivity index (χ1) is 16.9. The van der Waals surface area contributed by atoms with Gasteiger partial charge in [0.05, 0.1) is 36.9 Å². The van der Waals surface area contributed by atoms with Crippen LogP contribution in [-0.2, 0) is 39.7 Å². The molecular weight excluding hydrogens is 508 g/mol. The number of alkyl halides is 6. The number of carbonyl (C=O) groups is 2. The standard InChI is InChI=1S/C25H25F6NO5/c1-12-6-8-13(9-7-12)16-17(20(21(33)36-5)37-23(2,3)4)19(25(29,30)31)15-11-32(22(34)35)10-14(15)18(16)24(26,27)28/h6-9,20H,10-11H2,1-5H3,(H,34,35). The van der Waals surface area contributed by atoms with E-state index in [4.69, 9.17) is 4.74 Å². The zero-order valence-corrected chi connectivity index (χ0v) is 20.6. The summed E-state index contributed by atoms with van der Waals surface area (Å²) in [6.45, 7) is 4.05. The zero-order valence-electron chi connectivity index (χ0n) is 20.6. The van der Waals surface area contributed by atoms with Crippen molar-refractivity contribution >= 4 is 12.1 Å². The second-order valence-corrected chi connectivity index (χ2v) is 9.63. The highest BCUT2D eigenvalue weighted by Gasteiger charge is 2.51. The minimum atomic E-state index is -5.27. The van der Waals surface area contributed by atoms with Crippen molar-refractivity contribution in [3.05, 3.63) is 57.6 Å². The molecule has 0 bridgehead atoms. The summed E-state index contributed by atoms with van der Waals surface area (Å²) in [4.78, 5) is 24.9. The fourth-order valence-electron chi connectivity index (χ4n) is 4.40. The van der Waals surface area contributed by atoms with Crippen molar-refractivity contribution in [2.45, 2.75) is 64.8 Å². The fourth-order valence-corrected chi connectivity index (χ4v) is 4.40. The molecule has 0 aromatic heterocycles. The van der Waals surface area contributed by atoms with Crippen molar-refractivity contribution < 1.29 is 50.5 Å². The van der Waals surface area contributed by atoms with E-state index in [1.165, 1.54) is 45.0 Å². The number of benzene rings is 2. The second-order valence-electron chi connectivity index (χ2n) is 9.63. The first-order valence-electron chi connectivity index (χ1n) is 11.0. The van der Waals surface area contributed by atoms with Gasteiger partial charge in [-0.25, -0.2) is 9.59 Å². The molecule has 202 valence electrons. The molecule has 12 heteroatoms. The van der Waals surface area contributed by atoms with E-state index < -0.39 is 82.6 Å². The molecule has 1 N–H and O–H groups in total. The first-order valence-corrected chi connectivity index (χ1v) is 11.0. The molecule has 0 saturated carbocycles. The van der Waals surface area contributed by atoms with Gasteiger partial charge in [0.25, 0.3) is 0 Å². The summed E-state index contributed by atoms with van der Waals surface area (Å²) < 4.78 is 98.5. The lowest BCUT2D eigenvalue weighted by Gasteiger charge is -2.32. The van der Waals surface area contributed by atoms with Gasteiger partial charge in [-0.3, -0.25) is 4.90 Å². The molecule has 3 rings (SSSR count). The Balaban J connectivity index is 2.64. The van der Waals surface area contributed by atoms with Gasteiger partial charge >= 0.3 is 24.4 Å². The summed E-state index contributed by atoms with van der Waals surface area (Å²) in [5.41, 5.74) is -7.58. The SMILES string of the molecule is COC(=O)C(OC(C)(C)C)c1c(-c2ccc(C)cc2)c(C(F)(F)F)c2c(c1C(F)(F)F)CN(C(=O)O)C2. The van der Waals surface area contributed by atoms with E-state index in [1.807, 2.05) is 0 Å². The number of rotatable bonds is 4. The van der Waals surface area contributed by atoms with Gasteiger partial charge in [0, 0.05) is 11.1 Å². The molecule has 1 aliphatic heterocycles. The predicted molar refractivity (Wildman–Crippen MR) is 119 cm³/mol. The van der Waals surface area contributed by atoms with Crippen LogP contribution in [0.25, 0.3) is 11.1 Å². The Hall–Kier alpha value is -3.28. The molecule has 37 heavy (non-hydrogen) atoms. The van der Waals surface area contributed by atoms with Crippen LogP contribution < -0.4 is 0 Å². The van der Waals surface area contributed by atoms with Crippen molar-refractivity contribution in [2.24, 2.45) is 0 Å². The maximum atomic E-state index is 14.7. The zero-order chi connectivity index (χ0) is 28.1. The molecule has 6 nitrogen and oxygen atoms in total. The Morgan fingerprint density at radius 2 is 1.41 bits per heavy atom. The minimum Gasteiger partial charge on any atom is -0.467 e. The van der Waals surface area contributed by atoms with Crippen LogP contribution in [0.1, 0.15) is 60.3 Å². The third-order valence-corrected chi connectivity index (χ3v) is 5.78. The summed E-state index contributed by atoms with van der Waals surface area (Å²) in [6, 6.07) is 5.26. The Labute approximate surface area is 208 Å². The lowest BCUT2D eigenvalue weighted by Crippen LogP contribution is -2.32. The number of amides is 1. The maximum absolute atomic E-state index is 14.7. The van der Waals surface area contributed by atoms with Crippen molar-refractivity contribution in [3.8, 4) is 11.1 Å². The van der Waals surface area contributed by atoms with Crippen molar-refractivity contribution in [1.82, 2.24) is 4.90 Å². The number of carbonyl (C=O) groups excluding carboxylic acids is 1. The van der Waals surface area contributed by atoms with E-state index in [0.29, 0.717) is 10.5 Å². The first kappa shape index (κ1) is 28.3. The number of aryl methyl sites for hydroxylation is 1. The number of hydrogen-bond acceptors (Lipinski definition) is 4. The van der Waals surface area contributed by atoms with Crippen LogP contribution in [0.2, 0.25) is 0 Å². The third-order valence-electron chi connectivity index (χ3n) is 5.78. The highest BCUT2D eigenvalue weighted by Crippen LogP contribution is 2.53. The molecule has 1 atom stereocenters. The molecule has 0 spiro atoms. The van der Waals surface area contributed by atoms with Crippen LogP contribution >= 0.6 is 0 Å². The van der Waals surface area contributed by atoms with Gasteiger partial charge in [-0.1, -0.05) is 29.8 Å². The predicted octanol–water partition coefficient (Wildman–Crippen LogP) is 6.72. The monoisotopic (exact) mass is 533 g/mol. The van der Waals surface area contributed by atoms with E-state index in [0.717, 1.165) is 7.11 Å². The van der Waals surface area contributed by atoms with E-state index in [2.05, 4.69) is 4.74 Å². The second kappa shape index (κ2) is 9.55. The van der Waals surface area contributed by atoms with E-state index in [-0.39, 0.29) is 5.56 Å². The quantitative estimate of drug-likeness (QED) is 0.349. The summed E-state index contributed by atoms with van der Waals surface area (Å²) in [5.74, 6) is -1.34. The molecule has 1 heterocycles. The highest BCUT2D eigenvalue weighted by atomic mass is 19.4. The molecular formula is C25H25F6NO5. The van der Waals surface area contributed by atoms with Crippen LogP contribution in [0, 0.1) is 6.92 Å². The maximum Gasteiger partial charge on any atom is 0.417 e. The highest BCUT2D eigenvalue weighted by molar-refractivity contribution is 5.86. The molecule has 1 amide bonds. The minimum absolute atomic E-state index is 0.249. The van der Waals surface area contributed by atoms with Crippen molar-refractivity contribution in [3.63, 3.8) is 0 Å².